The smallest absolute Gasteiger partial charge is 0.243 e. The molecule has 150 valence electrons. The van der Waals surface area contributed by atoms with Gasteiger partial charge in [-0.1, -0.05) is 19.9 Å². The van der Waals surface area contributed by atoms with Crippen LogP contribution in [0.5, 0.6) is 11.5 Å². The molecule has 0 aliphatic rings. The Morgan fingerprint density at radius 2 is 1.50 bits per heavy atom. The van der Waals surface area contributed by atoms with Crippen LogP contribution in [-0.2, 0) is 10.0 Å². The molecule has 2 rings (SSSR count). The molecule has 28 heavy (non-hydrogen) atoms. The number of hydrogen-bond donors (Lipinski definition) is 0. The molecule has 0 saturated carbocycles. The summed E-state index contributed by atoms with van der Waals surface area (Å²) in [5.74, 6) is 1.02. The van der Waals surface area contributed by atoms with Crippen molar-refractivity contribution in [3.63, 3.8) is 0 Å². The maximum atomic E-state index is 12.5. The third-order valence-electron chi connectivity index (χ3n) is 4.28. The molecule has 7 heteroatoms. The highest BCUT2D eigenvalue weighted by Gasteiger charge is 2.21. The summed E-state index contributed by atoms with van der Waals surface area (Å²) in [6.07, 6.45) is 3.09. The van der Waals surface area contributed by atoms with E-state index in [0.29, 0.717) is 30.2 Å². The first kappa shape index (κ1) is 21.7. The van der Waals surface area contributed by atoms with Crippen molar-refractivity contribution < 1.29 is 22.7 Å². The predicted molar refractivity (Wildman–Crippen MR) is 109 cm³/mol. The first-order valence-electron chi connectivity index (χ1n) is 8.91. The molecule has 0 saturated heterocycles. The fourth-order valence-corrected chi connectivity index (χ4v) is 4.16. The van der Waals surface area contributed by atoms with E-state index in [1.165, 1.54) is 34.6 Å². The highest BCUT2D eigenvalue weighted by Crippen LogP contribution is 2.23. The second-order valence-electron chi connectivity index (χ2n) is 5.96. The van der Waals surface area contributed by atoms with Crippen molar-refractivity contribution in [3.8, 4) is 11.5 Å². The molecule has 2 aromatic carbocycles. The van der Waals surface area contributed by atoms with E-state index in [1.807, 2.05) is 0 Å². The lowest BCUT2D eigenvalue weighted by atomic mass is 10.1. The summed E-state index contributed by atoms with van der Waals surface area (Å²) in [5.41, 5.74) is 1.16. The first-order valence-corrected chi connectivity index (χ1v) is 10.3. The predicted octanol–water partition coefficient (Wildman–Crippen LogP) is 3.63. The van der Waals surface area contributed by atoms with Gasteiger partial charge in [-0.25, -0.2) is 8.42 Å². The minimum Gasteiger partial charge on any atom is -0.497 e. The van der Waals surface area contributed by atoms with Crippen molar-refractivity contribution >= 4 is 21.9 Å². The molecule has 0 N–H and O–H groups in total. The van der Waals surface area contributed by atoms with E-state index < -0.39 is 10.0 Å². The van der Waals surface area contributed by atoms with E-state index in [0.717, 1.165) is 5.56 Å². The topological polar surface area (TPSA) is 72.9 Å². The van der Waals surface area contributed by atoms with Crippen LogP contribution < -0.4 is 9.47 Å². The van der Waals surface area contributed by atoms with Crippen molar-refractivity contribution in [2.24, 2.45) is 0 Å². The van der Waals surface area contributed by atoms with Crippen LogP contribution in [0.25, 0.3) is 6.08 Å². The molecule has 0 fully saturated rings. The maximum Gasteiger partial charge on any atom is 0.243 e. The summed E-state index contributed by atoms with van der Waals surface area (Å²) in [5, 5.41) is 0. The third-order valence-corrected chi connectivity index (χ3v) is 6.35. The number of ether oxygens (including phenoxy) is 2. The lowest BCUT2D eigenvalue weighted by Crippen LogP contribution is -2.30. The monoisotopic (exact) mass is 403 g/mol. The molecule has 0 radical (unpaired) electrons. The van der Waals surface area contributed by atoms with Gasteiger partial charge in [0.1, 0.15) is 11.5 Å². The van der Waals surface area contributed by atoms with Gasteiger partial charge in [0.2, 0.25) is 10.0 Å². The zero-order valence-corrected chi connectivity index (χ0v) is 17.3. The average molecular weight is 404 g/mol. The van der Waals surface area contributed by atoms with Gasteiger partial charge < -0.3 is 9.47 Å². The summed E-state index contributed by atoms with van der Waals surface area (Å²) in [6.45, 7) is 4.37. The van der Waals surface area contributed by atoms with Crippen LogP contribution in [0.4, 0.5) is 0 Å². The highest BCUT2D eigenvalue weighted by atomic mass is 32.2. The summed E-state index contributed by atoms with van der Waals surface area (Å²) in [4.78, 5) is 12.6. The number of allylic oxidation sites excluding steroid dienone is 1. The fraction of sp³-hybridized carbons (Fsp3) is 0.286. The van der Waals surface area contributed by atoms with Gasteiger partial charge in [0.25, 0.3) is 0 Å². The molecule has 0 heterocycles. The van der Waals surface area contributed by atoms with Crippen LogP contribution in [0.2, 0.25) is 0 Å². The van der Waals surface area contributed by atoms with Gasteiger partial charge in [-0.2, -0.15) is 4.31 Å². The third kappa shape index (κ3) is 4.99. The number of ketones is 1. The minimum absolute atomic E-state index is 0.175. The fourth-order valence-electron chi connectivity index (χ4n) is 2.70. The van der Waals surface area contributed by atoms with Crippen molar-refractivity contribution in [1.29, 1.82) is 0 Å². The molecular formula is C21H25NO5S. The Balaban J connectivity index is 2.21. The van der Waals surface area contributed by atoms with Gasteiger partial charge in [-0.3, -0.25) is 4.79 Å². The number of rotatable bonds is 9. The van der Waals surface area contributed by atoms with Gasteiger partial charge in [0, 0.05) is 24.7 Å². The van der Waals surface area contributed by atoms with Crippen LogP contribution in [-0.4, -0.2) is 45.8 Å². The Labute approximate surface area is 166 Å². The largest absolute Gasteiger partial charge is 0.497 e. The number of sulfonamides is 1. The number of benzene rings is 2. The lowest BCUT2D eigenvalue weighted by molar-refractivity contribution is 0.104. The summed E-state index contributed by atoms with van der Waals surface area (Å²) in [6, 6.07) is 11.3. The Bertz CT molecular complexity index is 923. The number of carbonyl (C=O) groups is 1. The normalized spacial score (nSPS) is 11.8. The minimum atomic E-state index is -3.54. The zero-order chi connectivity index (χ0) is 20.7. The van der Waals surface area contributed by atoms with Crippen LogP contribution in [0, 0.1) is 0 Å². The second-order valence-corrected chi connectivity index (χ2v) is 7.90. The Morgan fingerprint density at radius 1 is 0.964 bits per heavy atom. The molecule has 0 atom stereocenters. The quantitative estimate of drug-likeness (QED) is 0.472. The molecule has 0 amide bonds. The molecule has 0 unspecified atom stereocenters. The SMILES string of the molecule is CCN(CC)S(=O)(=O)c1ccc(C(=O)/C=C/c2cc(OC)cc(OC)c2)cc1. The molecule has 6 nitrogen and oxygen atoms in total. The first-order chi connectivity index (χ1) is 13.3. The lowest BCUT2D eigenvalue weighted by Gasteiger charge is -2.18. The van der Waals surface area contributed by atoms with Crippen molar-refractivity contribution in [2.45, 2.75) is 18.7 Å². The molecule has 0 aliphatic carbocycles. The van der Waals surface area contributed by atoms with Crippen LogP contribution in [0.1, 0.15) is 29.8 Å². The van der Waals surface area contributed by atoms with E-state index in [-0.39, 0.29) is 10.7 Å². The van der Waals surface area contributed by atoms with E-state index in [9.17, 15) is 13.2 Å². The molecule has 0 bridgehead atoms. The van der Waals surface area contributed by atoms with Crippen molar-refractivity contribution in [3.05, 3.63) is 59.7 Å². The van der Waals surface area contributed by atoms with Crippen molar-refractivity contribution in [2.75, 3.05) is 27.3 Å². The highest BCUT2D eigenvalue weighted by molar-refractivity contribution is 7.89. The number of carbonyl (C=O) groups excluding carboxylic acids is 1. The summed E-state index contributed by atoms with van der Waals surface area (Å²) < 4.78 is 36.8. The number of hydrogen-bond acceptors (Lipinski definition) is 5. The Hall–Kier alpha value is -2.64. The van der Waals surface area contributed by atoms with Gasteiger partial charge in [0.15, 0.2) is 5.78 Å². The maximum absolute atomic E-state index is 12.5. The zero-order valence-electron chi connectivity index (χ0n) is 16.5. The molecule has 2 aromatic rings. The van der Waals surface area contributed by atoms with E-state index in [1.54, 1.807) is 52.3 Å². The second kappa shape index (κ2) is 9.52. The molecular weight excluding hydrogens is 378 g/mol. The summed E-state index contributed by atoms with van der Waals surface area (Å²) >= 11 is 0. The Kier molecular flexibility index (Phi) is 7.37. The molecule has 0 aliphatic heterocycles. The van der Waals surface area contributed by atoms with Gasteiger partial charge in [-0.15, -0.1) is 0 Å². The van der Waals surface area contributed by atoms with Gasteiger partial charge >= 0.3 is 0 Å². The van der Waals surface area contributed by atoms with Gasteiger partial charge in [0.05, 0.1) is 19.1 Å². The molecule has 0 spiro atoms. The Morgan fingerprint density at radius 3 is 1.96 bits per heavy atom. The summed E-state index contributed by atoms with van der Waals surface area (Å²) in [7, 11) is -0.425. The average Bonchev–Trinajstić information content (AvgIpc) is 2.72. The number of methoxy groups -OCH3 is 2. The van der Waals surface area contributed by atoms with E-state index in [4.69, 9.17) is 9.47 Å². The van der Waals surface area contributed by atoms with Gasteiger partial charge in [-0.05, 0) is 48.0 Å². The van der Waals surface area contributed by atoms with Crippen LogP contribution >= 0.6 is 0 Å². The van der Waals surface area contributed by atoms with Crippen LogP contribution in [0.15, 0.2) is 53.4 Å². The standard InChI is InChI=1S/C21H25NO5S/c1-5-22(6-2)28(24,25)20-10-8-17(9-11-20)21(23)12-7-16-13-18(26-3)15-19(14-16)27-4/h7-15H,5-6H2,1-4H3/b12-7+. The van der Waals surface area contributed by atoms with E-state index >= 15 is 0 Å². The van der Waals surface area contributed by atoms with Crippen molar-refractivity contribution in [1.82, 2.24) is 4.31 Å². The van der Waals surface area contributed by atoms with E-state index in [2.05, 4.69) is 0 Å². The number of nitrogens with zero attached hydrogens (tertiary/aromatic N) is 1. The molecule has 0 aromatic heterocycles. The van der Waals surface area contributed by atoms with Crippen LogP contribution in [0.3, 0.4) is 0 Å².